The molecule has 1 N–H and O–H groups in total. The molecule has 0 bridgehead atoms. The summed E-state index contributed by atoms with van der Waals surface area (Å²) in [7, 11) is 1.99. The molecule has 2 aromatic heterocycles. The van der Waals surface area contributed by atoms with Crippen molar-refractivity contribution in [3.05, 3.63) is 23.2 Å². The third-order valence-electron chi connectivity index (χ3n) is 3.47. The molecule has 0 amide bonds. The summed E-state index contributed by atoms with van der Waals surface area (Å²) in [6, 6.07) is 4.37. The van der Waals surface area contributed by atoms with Gasteiger partial charge in [-0.25, -0.2) is 0 Å². The van der Waals surface area contributed by atoms with Crippen LogP contribution in [-0.4, -0.2) is 12.0 Å². The highest BCUT2D eigenvalue weighted by atomic mass is 32.1. The van der Waals surface area contributed by atoms with Gasteiger partial charge in [-0.1, -0.05) is 12.8 Å². The molecule has 1 aliphatic rings. The fourth-order valence-corrected chi connectivity index (χ4v) is 3.45. The van der Waals surface area contributed by atoms with E-state index >= 15 is 0 Å². The lowest BCUT2D eigenvalue weighted by Crippen LogP contribution is -1.99. The minimum absolute atomic E-state index is 0.691. The maximum absolute atomic E-state index is 4.80. The Labute approximate surface area is 99.7 Å². The third-order valence-corrected chi connectivity index (χ3v) is 4.41. The van der Waals surface area contributed by atoms with E-state index in [1.165, 1.54) is 41.8 Å². The molecule has 0 aliphatic heterocycles. The van der Waals surface area contributed by atoms with Gasteiger partial charge in [-0.05, 0) is 30.4 Å². The van der Waals surface area contributed by atoms with Gasteiger partial charge in [0.25, 0.3) is 0 Å². The predicted octanol–water partition coefficient (Wildman–Crippen LogP) is 4.00. The fraction of sp³-hybridized carbons (Fsp3) is 0.462. The Bertz CT molecular complexity index is 498. The van der Waals surface area contributed by atoms with E-state index in [2.05, 4.69) is 22.8 Å². The van der Waals surface area contributed by atoms with Gasteiger partial charge in [0.15, 0.2) is 0 Å². The van der Waals surface area contributed by atoms with Gasteiger partial charge in [-0.2, -0.15) is 0 Å². The van der Waals surface area contributed by atoms with Gasteiger partial charge in [-0.3, -0.25) is 4.98 Å². The van der Waals surface area contributed by atoms with E-state index in [0.717, 1.165) is 5.52 Å². The number of aromatic nitrogens is 1. The lowest BCUT2D eigenvalue weighted by Gasteiger charge is -2.11. The summed E-state index contributed by atoms with van der Waals surface area (Å²) < 4.78 is 1.28. The number of nitrogens with one attached hydrogen (secondary N) is 1. The molecule has 0 saturated heterocycles. The first-order valence-electron chi connectivity index (χ1n) is 5.94. The highest BCUT2D eigenvalue weighted by Crippen LogP contribution is 2.37. The summed E-state index contributed by atoms with van der Waals surface area (Å²) in [5, 5.41) is 5.41. The van der Waals surface area contributed by atoms with E-state index in [9.17, 15) is 0 Å². The van der Waals surface area contributed by atoms with Crippen LogP contribution in [0.3, 0.4) is 0 Å². The van der Waals surface area contributed by atoms with E-state index < -0.39 is 0 Å². The van der Waals surface area contributed by atoms with Crippen molar-refractivity contribution in [2.24, 2.45) is 0 Å². The quantitative estimate of drug-likeness (QED) is 0.846. The molecule has 0 radical (unpaired) electrons. The van der Waals surface area contributed by atoms with Crippen molar-refractivity contribution < 1.29 is 0 Å². The molecule has 3 heteroatoms. The molecule has 0 unspecified atom stereocenters. The maximum Gasteiger partial charge on any atom is 0.0834 e. The standard InChI is InChI=1S/C13H16N2S/c1-14-12-8-11(9-4-2-3-5-9)15-10-6-7-16-13(10)12/h6-9H,2-5H2,1H3,(H,14,15). The van der Waals surface area contributed by atoms with Gasteiger partial charge < -0.3 is 5.32 Å². The van der Waals surface area contributed by atoms with Crippen LogP contribution in [0.5, 0.6) is 0 Å². The zero-order valence-corrected chi connectivity index (χ0v) is 10.3. The number of hydrogen-bond donors (Lipinski definition) is 1. The molecule has 2 aromatic rings. The summed E-state index contributed by atoms with van der Waals surface area (Å²) in [6.07, 6.45) is 5.35. The van der Waals surface area contributed by atoms with Crippen LogP contribution in [0.4, 0.5) is 5.69 Å². The lowest BCUT2D eigenvalue weighted by atomic mass is 10.0. The summed E-state index contributed by atoms with van der Waals surface area (Å²) in [6.45, 7) is 0. The smallest absolute Gasteiger partial charge is 0.0834 e. The van der Waals surface area contributed by atoms with Gasteiger partial charge in [0.2, 0.25) is 0 Å². The van der Waals surface area contributed by atoms with Gasteiger partial charge in [0.05, 0.1) is 15.9 Å². The zero-order valence-electron chi connectivity index (χ0n) is 9.49. The predicted molar refractivity (Wildman–Crippen MR) is 70.4 cm³/mol. The number of pyridine rings is 1. The molecule has 0 spiro atoms. The van der Waals surface area contributed by atoms with Gasteiger partial charge in [0.1, 0.15) is 0 Å². The summed E-state index contributed by atoms with van der Waals surface area (Å²) in [5.74, 6) is 0.691. The topological polar surface area (TPSA) is 24.9 Å². The average Bonchev–Trinajstić information content (AvgIpc) is 2.97. The van der Waals surface area contributed by atoms with E-state index in [0.29, 0.717) is 5.92 Å². The Morgan fingerprint density at radius 3 is 2.94 bits per heavy atom. The van der Waals surface area contributed by atoms with Crippen LogP contribution in [0, 0.1) is 0 Å². The molecule has 2 nitrogen and oxygen atoms in total. The molecule has 1 aliphatic carbocycles. The van der Waals surface area contributed by atoms with E-state index in [-0.39, 0.29) is 0 Å². The van der Waals surface area contributed by atoms with Crippen LogP contribution in [0.25, 0.3) is 10.2 Å². The van der Waals surface area contributed by atoms with Crippen molar-refractivity contribution in [3.8, 4) is 0 Å². The van der Waals surface area contributed by atoms with Crippen LogP contribution < -0.4 is 5.32 Å². The number of fused-ring (bicyclic) bond motifs is 1. The second kappa shape index (κ2) is 4.06. The Morgan fingerprint density at radius 1 is 1.38 bits per heavy atom. The number of hydrogen-bond acceptors (Lipinski definition) is 3. The first-order chi connectivity index (χ1) is 7.88. The van der Waals surface area contributed by atoms with Crippen LogP contribution in [-0.2, 0) is 0 Å². The molecule has 84 valence electrons. The summed E-state index contributed by atoms with van der Waals surface area (Å²) in [5.41, 5.74) is 3.67. The number of nitrogens with zero attached hydrogens (tertiary/aromatic N) is 1. The van der Waals surface area contributed by atoms with E-state index in [1.807, 2.05) is 7.05 Å². The van der Waals surface area contributed by atoms with Crippen molar-refractivity contribution in [1.82, 2.24) is 4.98 Å². The monoisotopic (exact) mass is 232 g/mol. The second-order valence-corrected chi connectivity index (χ2v) is 5.38. The summed E-state index contributed by atoms with van der Waals surface area (Å²) >= 11 is 1.76. The molecule has 1 saturated carbocycles. The highest BCUT2D eigenvalue weighted by molar-refractivity contribution is 7.17. The van der Waals surface area contributed by atoms with Gasteiger partial charge in [-0.15, -0.1) is 11.3 Å². The summed E-state index contributed by atoms with van der Waals surface area (Å²) in [4.78, 5) is 4.80. The zero-order chi connectivity index (χ0) is 11.0. The molecule has 16 heavy (non-hydrogen) atoms. The maximum atomic E-state index is 4.80. The SMILES string of the molecule is CNc1cc(C2CCCC2)nc2ccsc12. The van der Waals surface area contributed by atoms with Crippen LogP contribution >= 0.6 is 11.3 Å². The van der Waals surface area contributed by atoms with Crippen molar-refractivity contribution in [2.45, 2.75) is 31.6 Å². The molecule has 2 heterocycles. The Hall–Kier alpha value is -1.09. The first-order valence-corrected chi connectivity index (χ1v) is 6.82. The van der Waals surface area contributed by atoms with Crippen molar-refractivity contribution in [2.75, 3.05) is 12.4 Å². The minimum atomic E-state index is 0.691. The van der Waals surface area contributed by atoms with Crippen LogP contribution in [0.2, 0.25) is 0 Å². The van der Waals surface area contributed by atoms with Gasteiger partial charge >= 0.3 is 0 Å². The molecular formula is C13H16N2S. The van der Waals surface area contributed by atoms with Crippen molar-refractivity contribution >= 4 is 27.2 Å². The largest absolute Gasteiger partial charge is 0.387 e. The first kappa shape index (κ1) is 10.1. The van der Waals surface area contributed by atoms with Crippen molar-refractivity contribution in [3.63, 3.8) is 0 Å². The molecule has 1 fully saturated rings. The molecular weight excluding hydrogens is 216 g/mol. The average molecular weight is 232 g/mol. The highest BCUT2D eigenvalue weighted by Gasteiger charge is 2.19. The van der Waals surface area contributed by atoms with E-state index in [4.69, 9.17) is 4.98 Å². The Balaban J connectivity index is 2.10. The number of rotatable bonds is 2. The Morgan fingerprint density at radius 2 is 2.19 bits per heavy atom. The van der Waals surface area contributed by atoms with Crippen LogP contribution in [0.15, 0.2) is 17.5 Å². The van der Waals surface area contributed by atoms with Gasteiger partial charge in [0, 0.05) is 18.7 Å². The van der Waals surface area contributed by atoms with Crippen molar-refractivity contribution in [1.29, 1.82) is 0 Å². The fourth-order valence-electron chi connectivity index (χ4n) is 2.59. The minimum Gasteiger partial charge on any atom is -0.387 e. The molecule has 3 rings (SSSR count). The van der Waals surface area contributed by atoms with Crippen LogP contribution in [0.1, 0.15) is 37.3 Å². The Kier molecular flexibility index (Phi) is 2.56. The van der Waals surface area contributed by atoms with E-state index in [1.54, 1.807) is 11.3 Å². The second-order valence-electron chi connectivity index (χ2n) is 4.46. The molecule has 0 aromatic carbocycles. The number of thiophene rings is 1. The lowest BCUT2D eigenvalue weighted by molar-refractivity contribution is 0.701. The normalized spacial score (nSPS) is 17.1. The third kappa shape index (κ3) is 1.59. The number of anilines is 1. The molecule has 0 atom stereocenters.